The molecule has 0 aliphatic rings. The Balaban J connectivity index is 2.16. The number of hydrogen-bond acceptors (Lipinski definition) is 3. The van der Waals surface area contributed by atoms with Gasteiger partial charge in [0, 0.05) is 31.0 Å². The van der Waals surface area contributed by atoms with Crippen LogP contribution in [0.25, 0.3) is 0 Å². The number of amides is 2. The van der Waals surface area contributed by atoms with Crippen LogP contribution in [-0.4, -0.2) is 43.5 Å². The van der Waals surface area contributed by atoms with Crippen molar-refractivity contribution in [1.82, 2.24) is 4.90 Å². The third-order valence-electron chi connectivity index (χ3n) is 4.18. The van der Waals surface area contributed by atoms with Crippen molar-refractivity contribution in [3.8, 4) is 0 Å². The summed E-state index contributed by atoms with van der Waals surface area (Å²) in [5, 5.41) is 2.77. The fourth-order valence-corrected chi connectivity index (χ4v) is 2.56. The quantitative estimate of drug-likeness (QED) is 0.807. The maximum absolute atomic E-state index is 13.4. The zero-order valence-electron chi connectivity index (χ0n) is 15.5. The van der Waals surface area contributed by atoms with Gasteiger partial charge in [-0.25, -0.2) is 8.78 Å². The summed E-state index contributed by atoms with van der Waals surface area (Å²) in [6, 6.07) is 8.08. The lowest BCUT2D eigenvalue weighted by atomic mass is 10.1. The second-order valence-electron chi connectivity index (χ2n) is 6.17. The van der Waals surface area contributed by atoms with Gasteiger partial charge < -0.3 is 15.0 Å². The van der Waals surface area contributed by atoms with E-state index in [0.29, 0.717) is 11.8 Å². The van der Waals surface area contributed by atoms with Crippen LogP contribution in [0, 0.1) is 25.5 Å². The molecule has 2 rings (SSSR count). The highest BCUT2D eigenvalue weighted by molar-refractivity contribution is 5.99. The lowest BCUT2D eigenvalue weighted by Gasteiger charge is -2.22. The van der Waals surface area contributed by atoms with Gasteiger partial charge >= 0.3 is 0 Å². The predicted molar refractivity (Wildman–Crippen MR) is 98.7 cm³/mol. The molecule has 5 nitrogen and oxygen atoms in total. The molecule has 144 valence electrons. The molecular formula is C20H22F2N2O3. The molecule has 2 amide bonds. The Labute approximate surface area is 156 Å². The average Bonchev–Trinajstić information content (AvgIpc) is 2.61. The van der Waals surface area contributed by atoms with Crippen molar-refractivity contribution in [1.29, 1.82) is 0 Å². The molecule has 0 saturated carbocycles. The van der Waals surface area contributed by atoms with Crippen LogP contribution in [0.4, 0.5) is 14.5 Å². The molecule has 0 heterocycles. The van der Waals surface area contributed by atoms with Crippen LogP contribution in [0.5, 0.6) is 0 Å². The number of nitrogens with zero attached hydrogens (tertiary/aromatic N) is 1. The van der Waals surface area contributed by atoms with E-state index in [1.54, 1.807) is 6.07 Å². The number of nitrogens with one attached hydrogen (secondary N) is 1. The second-order valence-corrected chi connectivity index (χ2v) is 6.17. The predicted octanol–water partition coefficient (Wildman–Crippen LogP) is 3.31. The number of rotatable bonds is 7. The topological polar surface area (TPSA) is 58.6 Å². The van der Waals surface area contributed by atoms with Crippen molar-refractivity contribution < 1.29 is 23.1 Å². The molecule has 2 aromatic rings. The lowest BCUT2D eigenvalue weighted by Crippen LogP contribution is -2.40. The first-order valence-electron chi connectivity index (χ1n) is 8.42. The number of benzene rings is 2. The number of carbonyl (C=O) groups excluding carboxylic acids is 2. The molecule has 2 aromatic carbocycles. The molecule has 7 heteroatoms. The third kappa shape index (κ3) is 5.59. The van der Waals surface area contributed by atoms with E-state index in [2.05, 4.69) is 5.32 Å². The van der Waals surface area contributed by atoms with Crippen molar-refractivity contribution in [3.05, 3.63) is 64.7 Å². The molecule has 27 heavy (non-hydrogen) atoms. The first-order chi connectivity index (χ1) is 12.8. The molecule has 0 saturated heterocycles. The van der Waals surface area contributed by atoms with Crippen LogP contribution in [-0.2, 0) is 9.53 Å². The van der Waals surface area contributed by atoms with Gasteiger partial charge in [-0.05, 0) is 43.2 Å². The summed E-state index contributed by atoms with van der Waals surface area (Å²) in [6.45, 7) is 3.83. The van der Waals surface area contributed by atoms with Crippen LogP contribution in [0.3, 0.4) is 0 Å². The van der Waals surface area contributed by atoms with E-state index >= 15 is 0 Å². The zero-order chi connectivity index (χ0) is 20.0. The summed E-state index contributed by atoms with van der Waals surface area (Å²) >= 11 is 0. The van der Waals surface area contributed by atoms with Crippen molar-refractivity contribution >= 4 is 17.5 Å². The number of halogens is 2. The molecule has 0 bridgehead atoms. The number of hydrogen-bond donors (Lipinski definition) is 1. The first-order valence-corrected chi connectivity index (χ1v) is 8.42. The van der Waals surface area contributed by atoms with E-state index in [1.165, 1.54) is 12.0 Å². The monoisotopic (exact) mass is 376 g/mol. The number of carbonyl (C=O) groups is 2. The van der Waals surface area contributed by atoms with Gasteiger partial charge in [-0.15, -0.1) is 0 Å². The van der Waals surface area contributed by atoms with Crippen LogP contribution in [0.2, 0.25) is 0 Å². The van der Waals surface area contributed by atoms with Crippen LogP contribution < -0.4 is 5.32 Å². The number of methoxy groups -OCH3 is 1. The van der Waals surface area contributed by atoms with E-state index in [0.717, 1.165) is 23.3 Å². The smallest absolute Gasteiger partial charge is 0.254 e. The molecule has 0 unspecified atom stereocenters. The highest BCUT2D eigenvalue weighted by Crippen LogP contribution is 2.18. The Morgan fingerprint density at radius 3 is 2.41 bits per heavy atom. The number of anilines is 1. The van der Waals surface area contributed by atoms with Crippen LogP contribution >= 0.6 is 0 Å². The normalized spacial score (nSPS) is 10.6. The van der Waals surface area contributed by atoms with Crippen LogP contribution in [0.15, 0.2) is 36.4 Å². The average molecular weight is 376 g/mol. The first kappa shape index (κ1) is 20.5. The summed E-state index contributed by atoms with van der Waals surface area (Å²) in [4.78, 5) is 26.2. The Morgan fingerprint density at radius 1 is 1.11 bits per heavy atom. The Morgan fingerprint density at radius 2 is 1.78 bits per heavy atom. The summed E-state index contributed by atoms with van der Waals surface area (Å²) < 4.78 is 31.8. The van der Waals surface area contributed by atoms with Gasteiger partial charge in [0.1, 0.15) is 18.2 Å². The molecule has 0 aliphatic heterocycles. The molecule has 0 spiro atoms. The van der Waals surface area contributed by atoms with Gasteiger partial charge in [-0.3, -0.25) is 9.59 Å². The Bertz CT molecular complexity index is 820. The lowest BCUT2D eigenvalue weighted by molar-refractivity contribution is -0.117. The van der Waals surface area contributed by atoms with Gasteiger partial charge in [-0.2, -0.15) is 0 Å². The molecular weight excluding hydrogens is 354 g/mol. The van der Waals surface area contributed by atoms with Crippen molar-refractivity contribution in [2.75, 3.05) is 32.1 Å². The van der Waals surface area contributed by atoms with E-state index in [4.69, 9.17) is 4.74 Å². The maximum atomic E-state index is 13.4. The standard InChI is InChI=1S/C20H22F2N2O3/c1-13-5-4-6-18(14(13)2)23-19(25)12-24(7-8-27-3)20(26)15-9-16(21)11-17(22)10-15/h4-6,9-11H,7-8,12H2,1-3H3,(H,23,25). The van der Waals surface area contributed by atoms with Crippen molar-refractivity contribution in [3.63, 3.8) is 0 Å². The summed E-state index contributed by atoms with van der Waals surface area (Å²) in [6.07, 6.45) is 0. The van der Waals surface area contributed by atoms with Crippen molar-refractivity contribution in [2.24, 2.45) is 0 Å². The van der Waals surface area contributed by atoms with Gasteiger partial charge in [-0.1, -0.05) is 12.1 Å². The minimum atomic E-state index is -0.857. The maximum Gasteiger partial charge on any atom is 0.254 e. The molecule has 0 aliphatic carbocycles. The molecule has 0 aromatic heterocycles. The van der Waals surface area contributed by atoms with E-state index in [1.807, 2.05) is 26.0 Å². The van der Waals surface area contributed by atoms with Gasteiger partial charge in [0.15, 0.2) is 0 Å². The Hall–Kier alpha value is -2.80. The summed E-state index contributed by atoms with van der Waals surface area (Å²) in [5.41, 5.74) is 2.43. The highest BCUT2D eigenvalue weighted by Gasteiger charge is 2.20. The molecule has 0 atom stereocenters. The van der Waals surface area contributed by atoms with Crippen molar-refractivity contribution in [2.45, 2.75) is 13.8 Å². The summed E-state index contributed by atoms with van der Waals surface area (Å²) in [7, 11) is 1.46. The molecule has 0 fully saturated rings. The highest BCUT2D eigenvalue weighted by atomic mass is 19.1. The minimum absolute atomic E-state index is 0.105. The largest absolute Gasteiger partial charge is 0.383 e. The van der Waals surface area contributed by atoms with E-state index < -0.39 is 23.4 Å². The van der Waals surface area contributed by atoms with Gasteiger partial charge in [0.2, 0.25) is 5.91 Å². The van der Waals surface area contributed by atoms with Gasteiger partial charge in [0.05, 0.1) is 6.61 Å². The Kier molecular flexibility index (Phi) is 7.01. The van der Waals surface area contributed by atoms with Crippen LogP contribution in [0.1, 0.15) is 21.5 Å². The third-order valence-corrected chi connectivity index (χ3v) is 4.18. The summed E-state index contributed by atoms with van der Waals surface area (Å²) in [5.74, 6) is -2.78. The van der Waals surface area contributed by atoms with Gasteiger partial charge in [0.25, 0.3) is 5.91 Å². The SMILES string of the molecule is COCCN(CC(=O)Nc1cccc(C)c1C)C(=O)c1cc(F)cc(F)c1. The fraction of sp³-hybridized carbons (Fsp3) is 0.300. The van der Waals surface area contributed by atoms with E-state index in [9.17, 15) is 18.4 Å². The molecule has 0 radical (unpaired) electrons. The minimum Gasteiger partial charge on any atom is -0.383 e. The van der Waals surface area contributed by atoms with E-state index in [-0.39, 0.29) is 25.3 Å². The molecule has 1 N–H and O–H groups in total. The number of ether oxygens (including phenoxy) is 1. The zero-order valence-corrected chi connectivity index (χ0v) is 15.5. The second kappa shape index (κ2) is 9.23. The number of aryl methyl sites for hydroxylation is 1. The fourth-order valence-electron chi connectivity index (χ4n) is 2.56.